The third-order valence-electron chi connectivity index (χ3n) is 3.61. The van der Waals surface area contributed by atoms with Gasteiger partial charge in [-0.3, -0.25) is 4.68 Å². The van der Waals surface area contributed by atoms with E-state index in [0.29, 0.717) is 0 Å². The average Bonchev–Trinajstić information content (AvgIpc) is 3.09. The van der Waals surface area contributed by atoms with Gasteiger partial charge in [0.15, 0.2) is 0 Å². The summed E-state index contributed by atoms with van der Waals surface area (Å²) in [5.41, 5.74) is 2.08. The predicted octanol–water partition coefficient (Wildman–Crippen LogP) is 3.69. The van der Waals surface area contributed by atoms with Crippen molar-refractivity contribution in [1.29, 1.82) is 0 Å². The molecule has 2 heterocycles. The van der Waals surface area contributed by atoms with Crippen molar-refractivity contribution in [2.45, 2.75) is 39.3 Å². The first kappa shape index (κ1) is 16.3. The Kier molecular flexibility index (Phi) is 5.67. The van der Waals surface area contributed by atoms with Crippen molar-refractivity contribution in [3.05, 3.63) is 32.7 Å². The number of rotatable bonds is 7. The van der Waals surface area contributed by atoms with Crippen LogP contribution in [-0.2, 0) is 19.4 Å². The zero-order valence-corrected chi connectivity index (χ0v) is 14.5. The van der Waals surface area contributed by atoms with E-state index >= 15 is 0 Å². The number of aromatic nitrogens is 2. The zero-order valence-electron chi connectivity index (χ0n) is 12.9. The predicted molar refractivity (Wildman–Crippen MR) is 88.7 cm³/mol. The maximum Gasteiger partial charge on any atom is 0.129 e. The Morgan fingerprint density at radius 3 is 2.76 bits per heavy atom. The molecule has 4 nitrogen and oxygen atoms in total. The van der Waals surface area contributed by atoms with E-state index in [0.717, 1.165) is 41.5 Å². The summed E-state index contributed by atoms with van der Waals surface area (Å²) in [6.07, 6.45) is 1.68. The molecule has 0 aromatic carbocycles. The van der Waals surface area contributed by atoms with Gasteiger partial charge in [-0.2, -0.15) is 5.10 Å². The lowest BCUT2D eigenvalue weighted by Crippen LogP contribution is -2.19. The van der Waals surface area contributed by atoms with Gasteiger partial charge in [0, 0.05) is 29.3 Å². The van der Waals surface area contributed by atoms with Gasteiger partial charge < -0.3 is 10.1 Å². The van der Waals surface area contributed by atoms with Gasteiger partial charge in [0.2, 0.25) is 0 Å². The van der Waals surface area contributed by atoms with E-state index in [2.05, 4.69) is 30.3 Å². The van der Waals surface area contributed by atoms with Crippen LogP contribution in [0.15, 0.2) is 11.4 Å². The molecule has 21 heavy (non-hydrogen) atoms. The van der Waals surface area contributed by atoms with E-state index < -0.39 is 0 Å². The molecule has 1 atom stereocenters. The molecule has 0 aliphatic heterocycles. The molecule has 0 spiro atoms. The van der Waals surface area contributed by atoms with Crippen LogP contribution in [0.2, 0.25) is 5.02 Å². The SMILES string of the molecule is CCc1nn(CC)c(CC(NC)c2cc(OC)cs2)c1Cl. The number of hydrogen-bond acceptors (Lipinski definition) is 4. The summed E-state index contributed by atoms with van der Waals surface area (Å²) < 4.78 is 7.28. The lowest BCUT2D eigenvalue weighted by Gasteiger charge is -2.15. The fourth-order valence-electron chi connectivity index (χ4n) is 2.37. The Balaban J connectivity index is 2.27. The topological polar surface area (TPSA) is 39.1 Å². The Bertz CT molecular complexity index is 594. The van der Waals surface area contributed by atoms with E-state index in [1.165, 1.54) is 4.88 Å². The number of hydrogen-bond donors (Lipinski definition) is 1. The lowest BCUT2D eigenvalue weighted by molar-refractivity contribution is 0.416. The summed E-state index contributed by atoms with van der Waals surface area (Å²) in [7, 11) is 3.66. The molecule has 0 saturated carbocycles. The number of aryl methyl sites for hydroxylation is 2. The fourth-order valence-corrected chi connectivity index (χ4v) is 3.69. The Morgan fingerprint density at radius 2 is 2.24 bits per heavy atom. The first-order chi connectivity index (χ1) is 10.1. The molecule has 2 rings (SSSR count). The Labute approximate surface area is 135 Å². The summed E-state index contributed by atoms with van der Waals surface area (Å²) in [5, 5.41) is 10.8. The highest BCUT2D eigenvalue weighted by Gasteiger charge is 2.20. The Hall–Kier alpha value is -1.04. The normalized spacial score (nSPS) is 12.6. The van der Waals surface area contributed by atoms with Gasteiger partial charge in [0.05, 0.1) is 23.5 Å². The summed E-state index contributed by atoms with van der Waals surface area (Å²) in [6.45, 7) is 5.01. The number of methoxy groups -OCH3 is 1. The third-order valence-corrected chi connectivity index (χ3v) is 5.08. The largest absolute Gasteiger partial charge is 0.496 e. The first-order valence-electron chi connectivity index (χ1n) is 7.18. The van der Waals surface area contributed by atoms with Crippen LogP contribution < -0.4 is 10.1 Å². The van der Waals surface area contributed by atoms with Crippen LogP contribution in [-0.4, -0.2) is 23.9 Å². The second-order valence-corrected chi connectivity index (χ2v) is 6.13. The molecule has 2 aromatic rings. The van der Waals surface area contributed by atoms with Crippen LogP contribution >= 0.6 is 22.9 Å². The van der Waals surface area contributed by atoms with Gasteiger partial charge in [-0.05, 0) is 26.5 Å². The van der Waals surface area contributed by atoms with Crippen molar-refractivity contribution in [3.63, 3.8) is 0 Å². The van der Waals surface area contributed by atoms with Crippen molar-refractivity contribution >= 4 is 22.9 Å². The van der Waals surface area contributed by atoms with E-state index in [-0.39, 0.29) is 6.04 Å². The van der Waals surface area contributed by atoms with Crippen LogP contribution in [0.3, 0.4) is 0 Å². The second-order valence-electron chi connectivity index (χ2n) is 4.81. The number of nitrogens with one attached hydrogen (secondary N) is 1. The molecule has 116 valence electrons. The van der Waals surface area contributed by atoms with E-state index in [1.807, 2.05) is 17.1 Å². The molecule has 0 bridgehead atoms. The summed E-state index contributed by atoms with van der Waals surface area (Å²) in [5.74, 6) is 0.902. The van der Waals surface area contributed by atoms with Gasteiger partial charge in [-0.25, -0.2) is 0 Å². The fraction of sp³-hybridized carbons (Fsp3) is 0.533. The van der Waals surface area contributed by atoms with E-state index in [1.54, 1.807) is 18.4 Å². The molecule has 0 aliphatic rings. The number of thiophene rings is 1. The smallest absolute Gasteiger partial charge is 0.129 e. The first-order valence-corrected chi connectivity index (χ1v) is 8.44. The maximum absolute atomic E-state index is 6.50. The minimum absolute atomic E-state index is 0.211. The molecule has 0 saturated heterocycles. The molecule has 0 fully saturated rings. The quantitative estimate of drug-likeness (QED) is 0.843. The average molecular weight is 328 g/mol. The van der Waals surface area contributed by atoms with Gasteiger partial charge in [0.25, 0.3) is 0 Å². The highest BCUT2D eigenvalue weighted by Crippen LogP contribution is 2.31. The van der Waals surface area contributed by atoms with Gasteiger partial charge in [-0.1, -0.05) is 18.5 Å². The van der Waals surface area contributed by atoms with E-state index in [9.17, 15) is 0 Å². The Morgan fingerprint density at radius 1 is 1.48 bits per heavy atom. The summed E-state index contributed by atoms with van der Waals surface area (Å²) >= 11 is 8.19. The molecule has 0 aliphatic carbocycles. The highest BCUT2D eigenvalue weighted by atomic mass is 35.5. The van der Waals surface area contributed by atoms with Crippen LogP contribution in [0, 0.1) is 0 Å². The minimum atomic E-state index is 0.211. The molecule has 0 radical (unpaired) electrons. The molecule has 6 heteroatoms. The van der Waals surface area contributed by atoms with Crippen molar-refractivity contribution in [2.24, 2.45) is 0 Å². The van der Waals surface area contributed by atoms with Crippen molar-refractivity contribution in [3.8, 4) is 5.75 Å². The molecule has 0 amide bonds. The van der Waals surface area contributed by atoms with Gasteiger partial charge >= 0.3 is 0 Å². The van der Waals surface area contributed by atoms with Crippen molar-refractivity contribution in [2.75, 3.05) is 14.2 Å². The molecule has 1 N–H and O–H groups in total. The summed E-state index contributed by atoms with van der Waals surface area (Å²) in [4.78, 5) is 1.24. The van der Waals surface area contributed by atoms with Gasteiger partial charge in [-0.15, -0.1) is 11.3 Å². The molecule has 2 aromatic heterocycles. The molecular weight excluding hydrogens is 306 g/mol. The number of nitrogens with zero attached hydrogens (tertiary/aromatic N) is 2. The number of ether oxygens (including phenoxy) is 1. The third kappa shape index (κ3) is 3.42. The molecule has 1 unspecified atom stereocenters. The standard InChI is InChI=1S/C15H22ClN3OS/c1-5-11-15(16)13(19(6-2)18-11)8-12(17-3)14-7-10(20-4)9-21-14/h7,9,12,17H,5-6,8H2,1-4H3. The van der Waals surface area contributed by atoms with Crippen LogP contribution in [0.1, 0.15) is 36.2 Å². The minimum Gasteiger partial charge on any atom is -0.496 e. The molecular formula is C15H22ClN3OS. The highest BCUT2D eigenvalue weighted by molar-refractivity contribution is 7.10. The zero-order chi connectivity index (χ0) is 15.4. The summed E-state index contributed by atoms with van der Waals surface area (Å²) in [6, 6.07) is 2.29. The van der Waals surface area contributed by atoms with Crippen LogP contribution in [0.4, 0.5) is 0 Å². The van der Waals surface area contributed by atoms with E-state index in [4.69, 9.17) is 16.3 Å². The number of likely N-dealkylation sites (N-methyl/N-ethyl adjacent to an activating group) is 1. The van der Waals surface area contributed by atoms with Crippen LogP contribution in [0.25, 0.3) is 0 Å². The van der Waals surface area contributed by atoms with Crippen LogP contribution in [0.5, 0.6) is 5.75 Å². The van der Waals surface area contributed by atoms with Gasteiger partial charge in [0.1, 0.15) is 5.75 Å². The lowest BCUT2D eigenvalue weighted by atomic mass is 10.1. The van der Waals surface area contributed by atoms with Crippen molar-refractivity contribution in [1.82, 2.24) is 15.1 Å². The maximum atomic E-state index is 6.50. The number of halogens is 1. The monoisotopic (exact) mass is 327 g/mol. The second kappa shape index (κ2) is 7.29. The van der Waals surface area contributed by atoms with Crippen molar-refractivity contribution < 1.29 is 4.74 Å².